The summed E-state index contributed by atoms with van der Waals surface area (Å²) in [7, 11) is 1.81. The molecule has 2 aliphatic rings. The van der Waals surface area contributed by atoms with Crippen molar-refractivity contribution in [2.24, 2.45) is 5.92 Å². The highest BCUT2D eigenvalue weighted by Crippen LogP contribution is 2.34. The first kappa shape index (κ1) is 20.1. The van der Waals surface area contributed by atoms with Gasteiger partial charge in [-0.05, 0) is 42.7 Å². The van der Waals surface area contributed by atoms with Crippen LogP contribution in [0.15, 0.2) is 60.7 Å². The van der Waals surface area contributed by atoms with Gasteiger partial charge in [-0.2, -0.15) is 0 Å². The van der Waals surface area contributed by atoms with Crippen LogP contribution in [0.25, 0.3) is 0 Å². The SMILES string of the molecule is CO[C@@H]1C[C@@H](C2CC(Cc3ccccc3)CCN2C=O)N(Cc2ccccc2)C1. The van der Waals surface area contributed by atoms with Gasteiger partial charge < -0.3 is 9.64 Å². The van der Waals surface area contributed by atoms with Gasteiger partial charge in [-0.25, -0.2) is 0 Å². The molecule has 0 aliphatic carbocycles. The van der Waals surface area contributed by atoms with Crippen LogP contribution < -0.4 is 0 Å². The topological polar surface area (TPSA) is 32.8 Å². The molecule has 0 saturated carbocycles. The van der Waals surface area contributed by atoms with E-state index in [1.165, 1.54) is 11.1 Å². The molecule has 0 radical (unpaired) electrons. The number of amides is 1. The lowest BCUT2D eigenvalue weighted by atomic mass is 9.83. The summed E-state index contributed by atoms with van der Waals surface area (Å²) < 4.78 is 5.74. The quantitative estimate of drug-likeness (QED) is 0.673. The standard InChI is InChI=1S/C25H32N2O2/c1-29-23-16-25(27(18-23)17-21-10-6-3-7-11-21)24-15-22(12-13-26(24)19-28)14-20-8-4-2-5-9-20/h2-11,19,22-25H,12-18H2,1H3/t22?,23-,24?,25+/m1/s1. The molecule has 0 bridgehead atoms. The number of rotatable bonds is 7. The molecule has 2 fully saturated rings. The maximum absolute atomic E-state index is 11.9. The van der Waals surface area contributed by atoms with Crippen LogP contribution in [0.2, 0.25) is 0 Å². The van der Waals surface area contributed by atoms with Crippen LogP contribution in [-0.2, 0) is 22.5 Å². The molecular weight excluding hydrogens is 360 g/mol. The van der Waals surface area contributed by atoms with Crippen LogP contribution >= 0.6 is 0 Å². The van der Waals surface area contributed by atoms with Crippen LogP contribution in [0.5, 0.6) is 0 Å². The van der Waals surface area contributed by atoms with Crippen molar-refractivity contribution >= 4 is 6.41 Å². The average Bonchev–Trinajstić information content (AvgIpc) is 3.18. The lowest BCUT2D eigenvalue weighted by Gasteiger charge is -2.43. The first-order valence-electron chi connectivity index (χ1n) is 10.8. The molecule has 0 spiro atoms. The predicted octanol–water partition coefficient (Wildman–Crippen LogP) is 3.76. The summed E-state index contributed by atoms with van der Waals surface area (Å²) in [5.74, 6) is 0.624. The molecule has 0 aromatic heterocycles. The molecule has 154 valence electrons. The number of hydrogen-bond acceptors (Lipinski definition) is 3. The van der Waals surface area contributed by atoms with Gasteiger partial charge in [0.25, 0.3) is 0 Å². The second kappa shape index (κ2) is 9.55. The number of hydrogen-bond donors (Lipinski definition) is 0. The Bertz CT molecular complexity index is 767. The third kappa shape index (κ3) is 4.88. The highest BCUT2D eigenvalue weighted by atomic mass is 16.5. The van der Waals surface area contributed by atoms with E-state index in [0.29, 0.717) is 12.0 Å². The van der Waals surface area contributed by atoms with Crippen LogP contribution in [0.4, 0.5) is 0 Å². The highest BCUT2D eigenvalue weighted by molar-refractivity contribution is 5.48. The minimum absolute atomic E-state index is 0.242. The van der Waals surface area contributed by atoms with E-state index in [1.54, 1.807) is 0 Å². The monoisotopic (exact) mass is 392 g/mol. The zero-order valence-corrected chi connectivity index (χ0v) is 17.3. The van der Waals surface area contributed by atoms with Crippen molar-refractivity contribution in [3.63, 3.8) is 0 Å². The first-order chi connectivity index (χ1) is 14.3. The Kier molecular flexibility index (Phi) is 6.63. The number of carbonyl (C=O) groups is 1. The van der Waals surface area contributed by atoms with Gasteiger partial charge in [0.1, 0.15) is 0 Å². The first-order valence-corrected chi connectivity index (χ1v) is 10.8. The summed E-state index contributed by atoms with van der Waals surface area (Å²) >= 11 is 0. The fourth-order valence-corrected chi connectivity index (χ4v) is 5.19. The number of piperidine rings is 1. The second-order valence-electron chi connectivity index (χ2n) is 8.57. The molecule has 29 heavy (non-hydrogen) atoms. The van der Waals surface area contributed by atoms with E-state index in [0.717, 1.165) is 51.7 Å². The summed E-state index contributed by atoms with van der Waals surface area (Å²) in [5, 5.41) is 0. The normalized spacial score (nSPS) is 27.8. The third-order valence-electron chi connectivity index (χ3n) is 6.72. The number of likely N-dealkylation sites (tertiary alicyclic amines) is 2. The fraction of sp³-hybridized carbons (Fsp3) is 0.480. The van der Waals surface area contributed by atoms with Crippen molar-refractivity contribution < 1.29 is 9.53 Å². The average molecular weight is 393 g/mol. The van der Waals surface area contributed by atoms with E-state index >= 15 is 0 Å². The molecule has 2 aromatic carbocycles. The molecule has 4 nitrogen and oxygen atoms in total. The van der Waals surface area contributed by atoms with E-state index in [-0.39, 0.29) is 12.1 Å². The zero-order valence-electron chi connectivity index (χ0n) is 17.3. The van der Waals surface area contributed by atoms with E-state index in [1.807, 2.05) is 7.11 Å². The molecule has 1 amide bonds. The molecule has 0 N–H and O–H groups in total. The highest BCUT2D eigenvalue weighted by Gasteiger charge is 2.42. The maximum Gasteiger partial charge on any atom is 0.210 e. The minimum atomic E-state index is 0.242. The van der Waals surface area contributed by atoms with Gasteiger partial charge in [0, 0.05) is 38.8 Å². The van der Waals surface area contributed by atoms with Crippen molar-refractivity contribution in [2.45, 2.75) is 50.4 Å². The Morgan fingerprint density at radius 2 is 1.66 bits per heavy atom. The van der Waals surface area contributed by atoms with Gasteiger partial charge in [-0.1, -0.05) is 60.7 Å². The van der Waals surface area contributed by atoms with Gasteiger partial charge in [-0.15, -0.1) is 0 Å². The molecule has 2 aromatic rings. The lowest BCUT2D eigenvalue weighted by Crippen LogP contribution is -2.52. The smallest absolute Gasteiger partial charge is 0.210 e. The summed E-state index contributed by atoms with van der Waals surface area (Å²) in [5.41, 5.74) is 2.72. The Balaban J connectivity index is 1.50. The molecule has 4 rings (SSSR count). The Morgan fingerprint density at radius 3 is 2.31 bits per heavy atom. The molecule has 2 unspecified atom stereocenters. The molecule has 2 aliphatic heterocycles. The molecule has 4 atom stereocenters. The van der Waals surface area contributed by atoms with Crippen molar-refractivity contribution in [3.8, 4) is 0 Å². The number of ether oxygens (including phenoxy) is 1. The van der Waals surface area contributed by atoms with Gasteiger partial charge in [0.05, 0.1) is 6.10 Å². The Morgan fingerprint density at radius 1 is 0.966 bits per heavy atom. The largest absolute Gasteiger partial charge is 0.380 e. The van der Waals surface area contributed by atoms with Gasteiger partial charge >= 0.3 is 0 Å². The molecule has 2 saturated heterocycles. The van der Waals surface area contributed by atoms with Crippen LogP contribution in [0.3, 0.4) is 0 Å². The summed E-state index contributed by atoms with van der Waals surface area (Å²) in [6.45, 7) is 2.71. The van der Waals surface area contributed by atoms with Gasteiger partial charge in [-0.3, -0.25) is 9.69 Å². The van der Waals surface area contributed by atoms with E-state index in [2.05, 4.69) is 70.5 Å². The molecule has 2 heterocycles. The van der Waals surface area contributed by atoms with Crippen molar-refractivity contribution in [3.05, 3.63) is 71.8 Å². The molecular formula is C25H32N2O2. The number of carbonyl (C=O) groups excluding carboxylic acids is 1. The van der Waals surface area contributed by atoms with Crippen molar-refractivity contribution in [1.82, 2.24) is 9.80 Å². The number of benzene rings is 2. The Hall–Kier alpha value is -2.17. The van der Waals surface area contributed by atoms with Crippen molar-refractivity contribution in [2.75, 3.05) is 20.2 Å². The van der Waals surface area contributed by atoms with Gasteiger partial charge in [0.15, 0.2) is 0 Å². The van der Waals surface area contributed by atoms with Crippen LogP contribution in [0, 0.1) is 5.92 Å². The van der Waals surface area contributed by atoms with Crippen LogP contribution in [-0.4, -0.2) is 54.6 Å². The van der Waals surface area contributed by atoms with E-state index in [9.17, 15) is 4.79 Å². The van der Waals surface area contributed by atoms with Gasteiger partial charge in [0.2, 0.25) is 6.41 Å². The Labute approximate surface area is 174 Å². The number of methoxy groups -OCH3 is 1. The molecule has 4 heteroatoms. The number of nitrogens with zero attached hydrogens (tertiary/aromatic N) is 2. The summed E-state index contributed by atoms with van der Waals surface area (Å²) in [6.07, 6.45) is 5.57. The van der Waals surface area contributed by atoms with E-state index in [4.69, 9.17) is 4.74 Å². The summed E-state index contributed by atoms with van der Waals surface area (Å²) in [6, 6.07) is 22.0. The fourth-order valence-electron chi connectivity index (χ4n) is 5.19. The minimum Gasteiger partial charge on any atom is -0.380 e. The summed E-state index contributed by atoms with van der Waals surface area (Å²) in [4.78, 5) is 16.5. The maximum atomic E-state index is 11.9. The second-order valence-corrected chi connectivity index (χ2v) is 8.57. The van der Waals surface area contributed by atoms with E-state index < -0.39 is 0 Å². The van der Waals surface area contributed by atoms with Crippen LogP contribution in [0.1, 0.15) is 30.4 Å². The third-order valence-corrected chi connectivity index (χ3v) is 6.72. The predicted molar refractivity (Wildman–Crippen MR) is 115 cm³/mol. The van der Waals surface area contributed by atoms with Crippen molar-refractivity contribution in [1.29, 1.82) is 0 Å². The zero-order chi connectivity index (χ0) is 20.1. The lowest BCUT2D eigenvalue weighted by molar-refractivity contribution is -0.123.